The first kappa shape index (κ1) is 17.7. The van der Waals surface area contributed by atoms with Gasteiger partial charge in [-0.05, 0) is 53.4 Å². The number of nitrogens with one attached hydrogen (secondary N) is 1. The number of fused-ring (bicyclic) bond motifs is 1. The lowest BCUT2D eigenvalue weighted by atomic mass is 9.86. The summed E-state index contributed by atoms with van der Waals surface area (Å²) >= 11 is 0. The first-order valence-electron chi connectivity index (χ1n) is 9.40. The Morgan fingerprint density at radius 2 is 1.80 bits per heavy atom. The summed E-state index contributed by atoms with van der Waals surface area (Å²) in [5.41, 5.74) is 5.42. The molecule has 1 unspecified atom stereocenters. The molecular weight excluding hydrogens is 306 g/mol. The molecule has 1 N–H and O–H groups in total. The number of benzene rings is 2. The van der Waals surface area contributed by atoms with Crippen LogP contribution in [0.15, 0.2) is 48.5 Å². The van der Waals surface area contributed by atoms with Crippen molar-refractivity contribution in [1.29, 1.82) is 0 Å². The van der Waals surface area contributed by atoms with Crippen molar-refractivity contribution in [2.24, 2.45) is 0 Å². The molecule has 1 atom stereocenters. The summed E-state index contributed by atoms with van der Waals surface area (Å²) in [6.45, 7) is 6.66. The molecule has 0 aliphatic heterocycles. The number of amides is 1. The molecule has 0 spiro atoms. The van der Waals surface area contributed by atoms with E-state index in [-0.39, 0.29) is 17.4 Å². The van der Waals surface area contributed by atoms with E-state index >= 15 is 0 Å². The second-order valence-electron chi connectivity index (χ2n) is 8.16. The lowest BCUT2D eigenvalue weighted by Gasteiger charge is -2.26. The predicted octanol–water partition coefficient (Wildman–Crippen LogP) is 5.11. The van der Waals surface area contributed by atoms with E-state index in [4.69, 9.17) is 0 Å². The summed E-state index contributed by atoms with van der Waals surface area (Å²) in [6, 6.07) is 17.4. The van der Waals surface area contributed by atoms with Crippen molar-refractivity contribution in [2.75, 3.05) is 0 Å². The molecule has 0 fully saturated rings. The maximum atomic E-state index is 12.4. The van der Waals surface area contributed by atoms with Crippen molar-refractivity contribution in [2.45, 2.75) is 64.3 Å². The van der Waals surface area contributed by atoms with E-state index in [0.717, 1.165) is 25.7 Å². The maximum absolute atomic E-state index is 12.4. The van der Waals surface area contributed by atoms with Gasteiger partial charge in [-0.2, -0.15) is 0 Å². The average Bonchev–Trinajstić information content (AvgIpc) is 2.60. The van der Waals surface area contributed by atoms with Crippen LogP contribution >= 0.6 is 0 Å². The summed E-state index contributed by atoms with van der Waals surface area (Å²) in [5, 5.41) is 3.24. The van der Waals surface area contributed by atoms with Crippen LogP contribution in [0.3, 0.4) is 0 Å². The molecule has 25 heavy (non-hydrogen) atoms. The van der Waals surface area contributed by atoms with E-state index in [1.807, 2.05) is 0 Å². The van der Waals surface area contributed by atoms with Crippen molar-refractivity contribution < 1.29 is 4.79 Å². The molecule has 0 saturated carbocycles. The van der Waals surface area contributed by atoms with Crippen molar-refractivity contribution in [3.05, 3.63) is 70.8 Å². The highest BCUT2D eigenvalue weighted by Crippen LogP contribution is 2.29. The number of rotatable bonds is 4. The molecule has 0 radical (unpaired) electrons. The third kappa shape index (κ3) is 4.50. The summed E-state index contributed by atoms with van der Waals surface area (Å²) in [7, 11) is 0. The van der Waals surface area contributed by atoms with Crippen molar-refractivity contribution >= 4 is 5.91 Å². The van der Waals surface area contributed by atoms with Crippen LogP contribution in [-0.4, -0.2) is 5.91 Å². The Kier molecular flexibility index (Phi) is 5.27. The molecular formula is C23H29NO. The van der Waals surface area contributed by atoms with Gasteiger partial charge in [-0.25, -0.2) is 0 Å². The summed E-state index contributed by atoms with van der Waals surface area (Å²) in [6.07, 6.45) is 4.67. The fraction of sp³-hybridized carbons (Fsp3) is 0.435. The minimum Gasteiger partial charge on any atom is -0.349 e. The Balaban J connectivity index is 1.55. The van der Waals surface area contributed by atoms with E-state index in [1.165, 1.54) is 22.3 Å². The van der Waals surface area contributed by atoms with Crippen molar-refractivity contribution in [3.8, 4) is 0 Å². The highest BCUT2D eigenvalue weighted by atomic mass is 16.1. The molecule has 2 aromatic rings. The topological polar surface area (TPSA) is 29.1 Å². The van der Waals surface area contributed by atoms with E-state index in [1.54, 1.807) is 0 Å². The molecule has 0 bridgehead atoms. The molecule has 1 amide bonds. The largest absolute Gasteiger partial charge is 0.349 e. The minimum atomic E-state index is 0.154. The summed E-state index contributed by atoms with van der Waals surface area (Å²) in [4.78, 5) is 12.4. The maximum Gasteiger partial charge on any atom is 0.220 e. The molecule has 1 aliphatic rings. The van der Waals surface area contributed by atoms with Crippen LogP contribution in [0.1, 0.15) is 68.3 Å². The number of hydrogen-bond donors (Lipinski definition) is 1. The van der Waals surface area contributed by atoms with Gasteiger partial charge in [0.05, 0.1) is 6.04 Å². The van der Waals surface area contributed by atoms with Crippen LogP contribution in [0.25, 0.3) is 0 Å². The van der Waals surface area contributed by atoms with Crippen LogP contribution in [0, 0.1) is 0 Å². The standard InChI is InChI=1S/C23H29NO/c1-23(2,3)19-14-11-17(12-15-19)13-16-22(25)24-21-10-6-8-18-7-4-5-9-20(18)21/h4-5,7,9,11-12,14-15,21H,6,8,10,13,16H2,1-3H3,(H,24,25). The lowest BCUT2D eigenvalue weighted by molar-refractivity contribution is -0.121. The van der Waals surface area contributed by atoms with E-state index < -0.39 is 0 Å². The molecule has 3 rings (SSSR count). The first-order chi connectivity index (χ1) is 11.9. The highest BCUT2D eigenvalue weighted by molar-refractivity contribution is 5.76. The molecule has 132 valence electrons. The zero-order valence-electron chi connectivity index (χ0n) is 15.6. The van der Waals surface area contributed by atoms with Crippen LogP contribution in [0.2, 0.25) is 0 Å². The lowest BCUT2D eigenvalue weighted by Crippen LogP contribution is -2.31. The smallest absolute Gasteiger partial charge is 0.220 e. The Morgan fingerprint density at radius 1 is 1.08 bits per heavy atom. The molecule has 0 aromatic heterocycles. The van der Waals surface area contributed by atoms with Gasteiger partial charge in [0.2, 0.25) is 5.91 Å². The van der Waals surface area contributed by atoms with Gasteiger partial charge in [0.15, 0.2) is 0 Å². The second kappa shape index (κ2) is 7.43. The minimum absolute atomic E-state index is 0.154. The number of carbonyl (C=O) groups excluding carboxylic acids is 1. The molecule has 0 heterocycles. The van der Waals surface area contributed by atoms with Gasteiger partial charge >= 0.3 is 0 Å². The second-order valence-corrected chi connectivity index (χ2v) is 8.16. The van der Waals surface area contributed by atoms with Gasteiger partial charge in [0.25, 0.3) is 0 Å². The summed E-state index contributed by atoms with van der Waals surface area (Å²) < 4.78 is 0. The van der Waals surface area contributed by atoms with Crippen molar-refractivity contribution in [3.63, 3.8) is 0 Å². The van der Waals surface area contributed by atoms with Crippen LogP contribution < -0.4 is 5.32 Å². The Bertz CT molecular complexity index is 725. The normalized spacial score (nSPS) is 17.0. The quantitative estimate of drug-likeness (QED) is 0.826. The molecule has 1 aliphatic carbocycles. The van der Waals surface area contributed by atoms with E-state index in [9.17, 15) is 4.79 Å². The van der Waals surface area contributed by atoms with Crippen LogP contribution in [-0.2, 0) is 23.1 Å². The molecule has 2 aromatic carbocycles. The van der Waals surface area contributed by atoms with Crippen molar-refractivity contribution in [1.82, 2.24) is 5.32 Å². The molecule has 2 nitrogen and oxygen atoms in total. The Hall–Kier alpha value is -2.09. The number of carbonyl (C=O) groups is 1. The number of hydrogen-bond acceptors (Lipinski definition) is 1. The first-order valence-corrected chi connectivity index (χ1v) is 9.40. The van der Waals surface area contributed by atoms with Gasteiger partial charge in [0.1, 0.15) is 0 Å². The fourth-order valence-electron chi connectivity index (χ4n) is 3.60. The van der Waals surface area contributed by atoms with E-state index in [2.05, 4.69) is 74.6 Å². The number of aryl methyl sites for hydroxylation is 2. The third-order valence-corrected chi connectivity index (χ3v) is 5.17. The predicted molar refractivity (Wildman–Crippen MR) is 104 cm³/mol. The van der Waals surface area contributed by atoms with Crippen LogP contribution in [0.4, 0.5) is 0 Å². The van der Waals surface area contributed by atoms with Gasteiger partial charge in [-0.15, -0.1) is 0 Å². The van der Waals surface area contributed by atoms with Crippen LogP contribution in [0.5, 0.6) is 0 Å². The summed E-state index contributed by atoms with van der Waals surface area (Å²) in [5.74, 6) is 0.154. The van der Waals surface area contributed by atoms with Gasteiger partial charge in [-0.1, -0.05) is 69.3 Å². The monoisotopic (exact) mass is 335 g/mol. The Labute approximate surface area is 151 Å². The van der Waals surface area contributed by atoms with E-state index in [0.29, 0.717) is 6.42 Å². The highest BCUT2D eigenvalue weighted by Gasteiger charge is 2.21. The third-order valence-electron chi connectivity index (χ3n) is 5.17. The Morgan fingerprint density at radius 3 is 2.52 bits per heavy atom. The zero-order valence-corrected chi connectivity index (χ0v) is 15.6. The molecule has 2 heteroatoms. The zero-order chi connectivity index (χ0) is 17.9. The van der Waals surface area contributed by atoms with Gasteiger partial charge in [0, 0.05) is 6.42 Å². The molecule has 0 saturated heterocycles. The van der Waals surface area contributed by atoms with Gasteiger partial charge < -0.3 is 5.32 Å². The van der Waals surface area contributed by atoms with Gasteiger partial charge in [-0.3, -0.25) is 4.79 Å². The fourth-order valence-corrected chi connectivity index (χ4v) is 3.60. The average molecular weight is 335 g/mol. The SMILES string of the molecule is CC(C)(C)c1ccc(CCC(=O)NC2CCCc3ccccc32)cc1.